The second kappa shape index (κ2) is 9.81. The van der Waals surface area contributed by atoms with Gasteiger partial charge in [-0.05, 0) is 49.4 Å². The fourth-order valence-corrected chi connectivity index (χ4v) is 2.12. The summed E-state index contributed by atoms with van der Waals surface area (Å²) in [5.41, 5.74) is 6.06. The van der Waals surface area contributed by atoms with Crippen molar-refractivity contribution in [3.05, 3.63) is 54.1 Å². The maximum Gasteiger partial charge on any atom is 0.258 e. The first-order chi connectivity index (χ1) is 13.0. The van der Waals surface area contributed by atoms with Gasteiger partial charge in [0.05, 0.1) is 13.2 Å². The van der Waals surface area contributed by atoms with E-state index in [1.54, 1.807) is 42.5 Å². The molecule has 0 heterocycles. The van der Waals surface area contributed by atoms with E-state index in [0.717, 1.165) is 0 Å². The number of nitrogens with one attached hydrogen (secondary N) is 2. The summed E-state index contributed by atoms with van der Waals surface area (Å²) in [7, 11) is 0. The average molecular weight is 371 g/mol. The van der Waals surface area contributed by atoms with Gasteiger partial charge >= 0.3 is 0 Å². The number of anilines is 1. The van der Waals surface area contributed by atoms with Crippen LogP contribution in [0.4, 0.5) is 5.69 Å². The highest BCUT2D eigenvalue weighted by Crippen LogP contribution is 2.15. The van der Waals surface area contributed by atoms with Gasteiger partial charge in [0.1, 0.15) is 11.5 Å². The summed E-state index contributed by atoms with van der Waals surface area (Å²) < 4.78 is 10.6. The van der Waals surface area contributed by atoms with Crippen molar-refractivity contribution in [1.82, 2.24) is 5.32 Å². The summed E-state index contributed by atoms with van der Waals surface area (Å²) in [5.74, 6) is -0.387. The van der Waals surface area contributed by atoms with Gasteiger partial charge in [-0.1, -0.05) is 6.07 Å². The van der Waals surface area contributed by atoms with Gasteiger partial charge in [0.2, 0.25) is 11.8 Å². The molecule has 0 aliphatic heterocycles. The standard InChI is InChI=1S/C19H21N3O5/c1-2-26-15-8-6-14(7-9-15)22-17(23)11-21-18(24)12-27-16-5-3-4-13(10-16)19(20)25/h3-10H,2,11-12H2,1H3,(H2,20,25)(H,21,24)(H,22,23). The molecule has 0 unspecified atom stereocenters. The zero-order valence-electron chi connectivity index (χ0n) is 14.9. The SMILES string of the molecule is CCOc1ccc(NC(=O)CNC(=O)COc2cccc(C(N)=O)c2)cc1. The summed E-state index contributed by atoms with van der Waals surface area (Å²) in [6.07, 6.45) is 0. The maximum absolute atomic E-state index is 11.9. The van der Waals surface area contributed by atoms with Crippen LogP contribution >= 0.6 is 0 Å². The van der Waals surface area contributed by atoms with Crippen LogP contribution in [0.1, 0.15) is 17.3 Å². The Kier molecular flexibility index (Phi) is 7.18. The third kappa shape index (κ3) is 6.69. The van der Waals surface area contributed by atoms with E-state index in [0.29, 0.717) is 23.8 Å². The first-order valence-corrected chi connectivity index (χ1v) is 8.30. The van der Waals surface area contributed by atoms with Crippen LogP contribution < -0.4 is 25.8 Å². The molecule has 0 spiro atoms. The molecule has 27 heavy (non-hydrogen) atoms. The van der Waals surface area contributed by atoms with Crippen LogP contribution in [0.15, 0.2) is 48.5 Å². The molecule has 0 aliphatic carbocycles. The molecular formula is C19H21N3O5. The molecule has 4 N–H and O–H groups in total. The molecule has 2 aromatic carbocycles. The van der Waals surface area contributed by atoms with Crippen LogP contribution in [-0.4, -0.2) is 37.5 Å². The highest BCUT2D eigenvalue weighted by atomic mass is 16.5. The molecule has 142 valence electrons. The second-order valence-electron chi connectivity index (χ2n) is 5.46. The molecule has 2 rings (SSSR count). The Labute approximate surface area is 156 Å². The Morgan fingerprint density at radius 1 is 0.963 bits per heavy atom. The smallest absolute Gasteiger partial charge is 0.258 e. The largest absolute Gasteiger partial charge is 0.494 e. The van der Waals surface area contributed by atoms with Crippen LogP contribution in [0.2, 0.25) is 0 Å². The number of primary amides is 1. The summed E-state index contributed by atoms with van der Waals surface area (Å²) in [6, 6.07) is 13.1. The minimum atomic E-state index is -0.587. The van der Waals surface area contributed by atoms with E-state index in [9.17, 15) is 14.4 Å². The Morgan fingerprint density at radius 2 is 1.70 bits per heavy atom. The minimum absolute atomic E-state index is 0.198. The highest BCUT2D eigenvalue weighted by Gasteiger charge is 2.08. The Morgan fingerprint density at radius 3 is 2.37 bits per heavy atom. The van der Waals surface area contributed by atoms with Crippen LogP contribution in [0, 0.1) is 0 Å². The predicted molar refractivity (Wildman–Crippen MR) is 99.7 cm³/mol. The molecule has 0 bridgehead atoms. The molecule has 0 atom stereocenters. The van der Waals surface area contributed by atoms with Gasteiger partial charge in [-0.15, -0.1) is 0 Å². The molecule has 0 aliphatic rings. The van der Waals surface area contributed by atoms with Gasteiger partial charge in [0.25, 0.3) is 5.91 Å². The van der Waals surface area contributed by atoms with Crippen LogP contribution in [-0.2, 0) is 9.59 Å². The van der Waals surface area contributed by atoms with Crippen LogP contribution in [0.5, 0.6) is 11.5 Å². The van der Waals surface area contributed by atoms with Gasteiger partial charge in [0, 0.05) is 11.3 Å². The van der Waals surface area contributed by atoms with Gasteiger partial charge in [-0.2, -0.15) is 0 Å². The van der Waals surface area contributed by atoms with Crippen molar-refractivity contribution < 1.29 is 23.9 Å². The van der Waals surface area contributed by atoms with E-state index >= 15 is 0 Å². The monoisotopic (exact) mass is 371 g/mol. The summed E-state index contributed by atoms with van der Waals surface area (Å²) >= 11 is 0. The lowest BCUT2D eigenvalue weighted by Crippen LogP contribution is -2.35. The molecule has 0 saturated heterocycles. The Balaban J connectivity index is 1.73. The molecule has 3 amide bonds. The normalized spacial score (nSPS) is 9.96. The van der Waals surface area contributed by atoms with Crippen molar-refractivity contribution in [3.8, 4) is 11.5 Å². The molecule has 0 radical (unpaired) electrons. The molecule has 2 aromatic rings. The van der Waals surface area contributed by atoms with Crippen LogP contribution in [0.25, 0.3) is 0 Å². The lowest BCUT2D eigenvalue weighted by atomic mass is 10.2. The fourth-order valence-electron chi connectivity index (χ4n) is 2.12. The predicted octanol–water partition coefficient (Wildman–Crippen LogP) is 1.32. The molecular weight excluding hydrogens is 350 g/mol. The number of rotatable bonds is 9. The van der Waals surface area contributed by atoms with Crippen molar-refractivity contribution in [2.75, 3.05) is 25.1 Å². The van der Waals surface area contributed by atoms with Crippen molar-refractivity contribution in [2.24, 2.45) is 5.73 Å². The first-order valence-electron chi connectivity index (χ1n) is 8.30. The van der Waals surface area contributed by atoms with Crippen molar-refractivity contribution in [1.29, 1.82) is 0 Å². The summed E-state index contributed by atoms with van der Waals surface area (Å²) in [4.78, 5) is 34.8. The van der Waals surface area contributed by atoms with Crippen molar-refractivity contribution in [3.63, 3.8) is 0 Å². The van der Waals surface area contributed by atoms with E-state index in [1.165, 1.54) is 6.07 Å². The number of amides is 3. The number of hydrogen-bond donors (Lipinski definition) is 3. The number of hydrogen-bond acceptors (Lipinski definition) is 5. The summed E-state index contributed by atoms with van der Waals surface area (Å²) in [6.45, 7) is 1.96. The second-order valence-corrected chi connectivity index (χ2v) is 5.46. The highest BCUT2D eigenvalue weighted by molar-refractivity contribution is 5.95. The third-order valence-electron chi connectivity index (χ3n) is 3.38. The number of ether oxygens (including phenoxy) is 2. The van der Waals surface area contributed by atoms with Gasteiger partial charge in [-0.25, -0.2) is 0 Å². The van der Waals surface area contributed by atoms with Crippen molar-refractivity contribution in [2.45, 2.75) is 6.92 Å². The van der Waals surface area contributed by atoms with Crippen molar-refractivity contribution >= 4 is 23.4 Å². The molecule has 8 heteroatoms. The molecule has 0 aromatic heterocycles. The van der Waals surface area contributed by atoms with E-state index in [1.807, 2.05) is 6.92 Å². The zero-order valence-corrected chi connectivity index (χ0v) is 14.9. The first kappa shape index (κ1) is 19.8. The Bertz CT molecular complexity index is 805. The minimum Gasteiger partial charge on any atom is -0.494 e. The third-order valence-corrected chi connectivity index (χ3v) is 3.38. The zero-order chi connectivity index (χ0) is 19.6. The topological polar surface area (TPSA) is 120 Å². The number of nitrogens with two attached hydrogens (primary N) is 1. The Hall–Kier alpha value is -3.55. The molecule has 0 saturated carbocycles. The van der Waals surface area contributed by atoms with Gasteiger partial charge in [0.15, 0.2) is 6.61 Å². The average Bonchev–Trinajstić information content (AvgIpc) is 2.66. The van der Waals surface area contributed by atoms with Gasteiger partial charge < -0.3 is 25.8 Å². The summed E-state index contributed by atoms with van der Waals surface area (Å²) in [5, 5.41) is 5.11. The maximum atomic E-state index is 11.9. The van der Waals surface area contributed by atoms with E-state index in [2.05, 4.69) is 10.6 Å². The van der Waals surface area contributed by atoms with E-state index in [4.69, 9.17) is 15.2 Å². The number of benzene rings is 2. The van der Waals surface area contributed by atoms with Gasteiger partial charge in [-0.3, -0.25) is 14.4 Å². The van der Waals surface area contributed by atoms with E-state index < -0.39 is 11.8 Å². The number of carbonyl (C=O) groups excluding carboxylic acids is 3. The van der Waals surface area contributed by atoms with E-state index in [-0.39, 0.29) is 24.6 Å². The lowest BCUT2D eigenvalue weighted by Gasteiger charge is -2.09. The molecule has 8 nitrogen and oxygen atoms in total. The lowest BCUT2D eigenvalue weighted by molar-refractivity contribution is -0.125. The quantitative estimate of drug-likeness (QED) is 0.614. The molecule has 0 fully saturated rings. The van der Waals surface area contributed by atoms with Crippen LogP contribution in [0.3, 0.4) is 0 Å². The number of carbonyl (C=O) groups is 3. The fraction of sp³-hybridized carbons (Fsp3) is 0.211.